The van der Waals surface area contributed by atoms with E-state index in [2.05, 4.69) is 10.1 Å². The summed E-state index contributed by atoms with van der Waals surface area (Å²) in [5.74, 6) is -0.778. The highest BCUT2D eigenvalue weighted by atomic mass is 19.4. The second kappa shape index (κ2) is 8.81. The van der Waals surface area contributed by atoms with Crippen molar-refractivity contribution in [2.24, 2.45) is 5.73 Å². The van der Waals surface area contributed by atoms with E-state index in [-0.39, 0.29) is 41.6 Å². The summed E-state index contributed by atoms with van der Waals surface area (Å²) in [7, 11) is 0. The number of amides is 1. The maximum Gasteiger partial charge on any atom is 0.417 e. The van der Waals surface area contributed by atoms with E-state index < -0.39 is 17.6 Å². The van der Waals surface area contributed by atoms with Crippen molar-refractivity contribution in [1.29, 1.82) is 0 Å². The second-order valence-electron chi connectivity index (χ2n) is 7.68. The number of alkyl halides is 3. The van der Waals surface area contributed by atoms with E-state index in [0.717, 1.165) is 12.3 Å². The Morgan fingerprint density at radius 3 is 2.25 bits per heavy atom. The van der Waals surface area contributed by atoms with Crippen LogP contribution in [0.3, 0.4) is 0 Å². The maximum atomic E-state index is 12.8. The molecule has 0 saturated carbocycles. The van der Waals surface area contributed by atoms with Crippen LogP contribution in [0.1, 0.15) is 46.9 Å². The summed E-state index contributed by atoms with van der Waals surface area (Å²) in [6, 6.07) is 7.60. The van der Waals surface area contributed by atoms with Crippen molar-refractivity contribution < 1.29 is 22.8 Å². The van der Waals surface area contributed by atoms with Crippen molar-refractivity contribution in [2.75, 3.05) is 5.73 Å². The third-order valence-corrected chi connectivity index (χ3v) is 4.84. The largest absolute Gasteiger partial charge is 0.417 e. The normalized spacial score (nSPS) is 11.7. The summed E-state index contributed by atoms with van der Waals surface area (Å²) in [5.41, 5.74) is 12.5. The minimum atomic E-state index is -4.52. The van der Waals surface area contributed by atoms with Gasteiger partial charge in [0.1, 0.15) is 22.9 Å². The zero-order valence-corrected chi connectivity index (χ0v) is 17.5. The Morgan fingerprint density at radius 1 is 1.06 bits per heavy atom. The van der Waals surface area contributed by atoms with Crippen molar-refractivity contribution in [3.05, 3.63) is 65.0 Å². The molecule has 0 radical (unpaired) electrons. The lowest BCUT2D eigenvalue weighted by Gasteiger charge is -2.08. The number of nitrogens with zero attached hydrogens (tertiary/aromatic N) is 3. The number of primary amides is 1. The van der Waals surface area contributed by atoms with Gasteiger partial charge in [0.25, 0.3) is 5.91 Å². The lowest BCUT2D eigenvalue weighted by atomic mass is 10.0. The zero-order chi connectivity index (χ0) is 23.6. The van der Waals surface area contributed by atoms with E-state index in [0.29, 0.717) is 16.8 Å². The van der Waals surface area contributed by atoms with E-state index in [4.69, 9.17) is 11.5 Å². The Bertz CT molecular complexity index is 1150. The first kappa shape index (κ1) is 23.0. The van der Waals surface area contributed by atoms with E-state index in [1.165, 1.54) is 10.9 Å². The molecule has 0 atom stereocenters. The number of halogens is 3. The van der Waals surface area contributed by atoms with Crippen LogP contribution in [0.2, 0.25) is 0 Å². The highest BCUT2D eigenvalue weighted by molar-refractivity contribution is 6.03. The number of carbonyl (C=O) groups is 2. The number of pyridine rings is 1. The summed E-state index contributed by atoms with van der Waals surface area (Å²) in [6.07, 6.45) is -2.68. The Labute approximate surface area is 182 Å². The number of carbonyl (C=O) groups excluding carboxylic acids is 2. The number of ketones is 1. The minimum Gasteiger partial charge on any atom is -0.383 e. The van der Waals surface area contributed by atoms with E-state index in [1.807, 2.05) is 13.8 Å². The fraction of sp³-hybridized carbons (Fsp3) is 0.273. The number of Topliss-reactive ketones (excluding diaryl/α,β-unsaturated/α-hetero) is 1. The predicted molar refractivity (Wildman–Crippen MR) is 113 cm³/mol. The lowest BCUT2D eigenvalue weighted by Crippen LogP contribution is -2.15. The summed E-state index contributed by atoms with van der Waals surface area (Å²) in [5, 5.41) is 4.40. The second-order valence-corrected chi connectivity index (χ2v) is 7.68. The first-order valence-electron chi connectivity index (χ1n) is 9.77. The van der Waals surface area contributed by atoms with E-state index in [1.54, 1.807) is 24.3 Å². The highest BCUT2D eigenvalue weighted by Gasteiger charge is 2.31. The molecule has 0 saturated heterocycles. The van der Waals surface area contributed by atoms with Crippen molar-refractivity contribution in [1.82, 2.24) is 14.8 Å². The summed E-state index contributed by atoms with van der Waals surface area (Å²) < 4.78 is 39.9. The van der Waals surface area contributed by atoms with Crippen molar-refractivity contribution >= 4 is 17.5 Å². The van der Waals surface area contributed by atoms with Gasteiger partial charge in [-0.25, -0.2) is 4.68 Å². The van der Waals surface area contributed by atoms with Crippen LogP contribution in [0.5, 0.6) is 0 Å². The Balaban J connectivity index is 1.77. The fourth-order valence-electron chi connectivity index (χ4n) is 3.32. The summed E-state index contributed by atoms with van der Waals surface area (Å²) in [4.78, 5) is 27.8. The molecule has 0 unspecified atom stereocenters. The molecule has 7 nitrogen and oxygen atoms in total. The topological polar surface area (TPSA) is 117 Å². The number of benzene rings is 1. The monoisotopic (exact) mass is 445 g/mol. The summed E-state index contributed by atoms with van der Waals surface area (Å²) >= 11 is 0. The maximum absolute atomic E-state index is 12.8. The molecule has 0 fully saturated rings. The van der Waals surface area contributed by atoms with Crippen molar-refractivity contribution in [3.63, 3.8) is 0 Å². The molecular weight excluding hydrogens is 423 g/mol. The first-order valence-corrected chi connectivity index (χ1v) is 9.77. The number of aromatic nitrogens is 3. The molecule has 0 bridgehead atoms. The molecule has 0 spiro atoms. The SMILES string of the molecule is CC(C)n1nc(-c2ccc(CC(=O)Cc3cncc(C(F)(F)F)c3)cc2)c(C(N)=O)c1N. The molecule has 10 heteroatoms. The molecule has 3 rings (SSSR count). The molecule has 1 amide bonds. The number of rotatable bonds is 7. The quantitative estimate of drug-likeness (QED) is 0.577. The van der Waals surface area contributed by atoms with Gasteiger partial charge < -0.3 is 11.5 Å². The Morgan fingerprint density at radius 2 is 1.69 bits per heavy atom. The van der Waals surface area contributed by atoms with Crippen LogP contribution in [0.15, 0.2) is 42.7 Å². The molecule has 32 heavy (non-hydrogen) atoms. The highest BCUT2D eigenvalue weighted by Crippen LogP contribution is 2.30. The number of nitrogen functional groups attached to an aromatic ring is 1. The third-order valence-electron chi connectivity index (χ3n) is 4.84. The standard InChI is InChI=1S/C22H22F3N5O2/c1-12(2)30-20(26)18(21(27)32)19(29-30)15-5-3-13(4-6-15)8-17(31)9-14-7-16(11-28-10-14)22(23,24)25/h3-7,10-12H,8-9,26H2,1-2H3,(H2,27,32). The fourth-order valence-corrected chi connectivity index (χ4v) is 3.32. The lowest BCUT2D eigenvalue weighted by molar-refractivity contribution is -0.138. The molecule has 3 aromatic rings. The van der Waals surface area contributed by atoms with E-state index >= 15 is 0 Å². The molecule has 2 aromatic heterocycles. The van der Waals surface area contributed by atoms with Crippen LogP contribution in [-0.4, -0.2) is 26.5 Å². The van der Waals surface area contributed by atoms with Gasteiger partial charge in [0.05, 0.1) is 5.56 Å². The van der Waals surface area contributed by atoms with Gasteiger partial charge in [-0.3, -0.25) is 14.6 Å². The van der Waals surface area contributed by atoms with Gasteiger partial charge in [-0.1, -0.05) is 24.3 Å². The van der Waals surface area contributed by atoms with Crippen LogP contribution in [0, 0.1) is 0 Å². The van der Waals surface area contributed by atoms with Crippen LogP contribution in [0.4, 0.5) is 19.0 Å². The van der Waals surface area contributed by atoms with Crippen molar-refractivity contribution in [2.45, 2.75) is 38.9 Å². The number of hydrogen-bond acceptors (Lipinski definition) is 5. The van der Waals surface area contributed by atoms with Gasteiger partial charge in [0.2, 0.25) is 0 Å². The Kier molecular flexibility index (Phi) is 6.33. The van der Waals surface area contributed by atoms with Crippen LogP contribution in [-0.2, 0) is 23.8 Å². The average Bonchev–Trinajstić information content (AvgIpc) is 3.05. The number of anilines is 1. The minimum absolute atomic E-state index is 0.0295. The smallest absolute Gasteiger partial charge is 0.383 e. The number of nitrogens with two attached hydrogens (primary N) is 2. The Hall–Kier alpha value is -3.69. The molecular formula is C22H22F3N5O2. The molecule has 0 aliphatic heterocycles. The average molecular weight is 445 g/mol. The van der Waals surface area contributed by atoms with Crippen LogP contribution >= 0.6 is 0 Å². The number of hydrogen-bond donors (Lipinski definition) is 2. The molecule has 2 heterocycles. The van der Waals surface area contributed by atoms with E-state index in [9.17, 15) is 22.8 Å². The third kappa shape index (κ3) is 4.96. The van der Waals surface area contributed by atoms with Gasteiger partial charge in [-0.05, 0) is 31.0 Å². The van der Waals surface area contributed by atoms with Gasteiger partial charge >= 0.3 is 6.18 Å². The molecule has 168 valence electrons. The van der Waals surface area contributed by atoms with Crippen molar-refractivity contribution in [3.8, 4) is 11.3 Å². The predicted octanol–water partition coefficient (Wildman–Crippen LogP) is 3.58. The van der Waals surface area contributed by atoms with Gasteiger partial charge in [-0.15, -0.1) is 0 Å². The molecule has 0 aliphatic carbocycles. The van der Waals surface area contributed by atoms with Crippen LogP contribution in [0.25, 0.3) is 11.3 Å². The molecule has 1 aromatic carbocycles. The molecule has 4 N–H and O–H groups in total. The molecule has 0 aliphatic rings. The summed E-state index contributed by atoms with van der Waals surface area (Å²) in [6.45, 7) is 3.74. The first-order chi connectivity index (χ1) is 15.0. The van der Waals surface area contributed by atoms with Crippen LogP contribution < -0.4 is 11.5 Å². The van der Waals surface area contributed by atoms with Gasteiger partial charge in [-0.2, -0.15) is 18.3 Å². The zero-order valence-electron chi connectivity index (χ0n) is 17.5. The van der Waals surface area contributed by atoms with Gasteiger partial charge in [0.15, 0.2) is 0 Å². The van der Waals surface area contributed by atoms with Gasteiger partial charge in [0, 0.05) is 36.8 Å².